The Morgan fingerprint density at radius 1 is 1.53 bits per heavy atom. The quantitative estimate of drug-likeness (QED) is 0.153. The number of β-lactam (4-membered cyclic amide) rings is 1. The van der Waals surface area contributed by atoms with Gasteiger partial charge in [-0.25, -0.2) is 4.79 Å². The molecule has 2 aliphatic heterocycles. The summed E-state index contributed by atoms with van der Waals surface area (Å²) in [7, 11) is 1.24. The smallest absolute Gasteiger partial charge is 0.353 e. The number of fused-ring (bicyclic) bond motifs is 1. The molecule has 0 saturated carbocycles. The number of carboxylic acids is 1. The third-order valence-corrected chi connectivity index (χ3v) is 7.14. The first kappa shape index (κ1) is 24.0. The SMILES string of the molecule is CO/N=C(\C(=O)NC1C(=O)N2C(C(=O)O)=C(S/C=C\[C@@H](N)CO)CS[C@H]12)c1nsc(N)n1. The Kier molecular flexibility index (Phi) is 7.73. The van der Waals surface area contributed by atoms with Crippen molar-refractivity contribution >= 4 is 63.7 Å². The van der Waals surface area contributed by atoms with Gasteiger partial charge >= 0.3 is 5.97 Å². The first-order valence-corrected chi connectivity index (χ1v) is 11.6. The number of oxime groups is 1. The van der Waals surface area contributed by atoms with Crippen LogP contribution in [0.3, 0.4) is 0 Å². The van der Waals surface area contributed by atoms with Gasteiger partial charge in [-0.05, 0) is 5.41 Å². The Bertz CT molecular complexity index is 1010. The number of aliphatic carboxylic acids is 1. The van der Waals surface area contributed by atoms with Crippen molar-refractivity contribution in [1.82, 2.24) is 19.6 Å². The molecule has 0 bridgehead atoms. The van der Waals surface area contributed by atoms with Gasteiger partial charge in [-0.1, -0.05) is 23.0 Å². The molecule has 32 heavy (non-hydrogen) atoms. The highest BCUT2D eigenvalue weighted by molar-refractivity contribution is 8.08. The van der Waals surface area contributed by atoms with E-state index in [4.69, 9.17) is 16.6 Å². The molecule has 2 amide bonds. The van der Waals surface area contributed by atoms with Crippen LogP contribution in [-0.2, 0) is 19.2 Å². The summed E-state index contributed by atoms with van der Waals surface area (Å²) in [6.07, 6.45) is 1.53. The molecular weight excluding hydrogens is 482 g/mol. The van der Waals surface area contributed by atoms with E-state index in [1.807, 2.05) is 0 Å². The normalized spacial score (nSPS) is 21.9. The lowest BCUT2D eigenvalue weighted by molar-refractivity contribution is -0.150. The highest BCUT2D eigenvalue weighted by Gasteiger charge is 2.54. The van der Waals surface area contributed by atoms with E-state index < -0.39 is 35.2 Å². The molecule has 1 fully saturated rings. The molecule has 172 valence electrons. The number of aliphatic hydroxyl groups excluding tert-OH is 1. The average Bonchev–Trinajstić information content (AvgIpc) is 3.20. The van der Waals surface area contributed by atoms with Crippen molar-refractivity contribution in [2.75, 3.05) is 25.2 Å². The van der Waals surface area contributed by atoms with Crippen LogP contribution in [0.25, 0.3) is 0 Å². The van der Waals surface area contributed by atoms with Crippen LogP contribution in [0.15, 0.2) is 27.2 Å². The first-order valence-electron chi connectivity index (χ1n) is 8.90. The van der Waals surface area contributed by atoms with Crippen molar-refractivity contribution in [2.24, 2.45) is 10.9 Å². The van der Waals surface area contributed by atoms with E-state index in [1.54, 1.807) is 5.41 Å². The van der Waals surface area contributed by atoms with Crippen molar-refractivity contribution in [3.05, 3.63) is 27.9 Å². The topological polar surface area (TPSA) is 206 Å². The fraction of sp³-hybridized carbons (Fsp3) is 0.375. The fourth-order valence-corrected chi connectivity index (χ4v) is 5.63. The number of hydrogen-bond acceptors (Lipinski definition) is 13. The third kappa shape index (κ3) is 4.88. The number of hydrogen-bond donors (Lipinski definition) is 5. The number of carboxylic acid groups (broad SMARTS) is 1. The molecule has 3 rings (SSSR count). The Labute approximate surface area is 194 Å². The number of carbonyl (C=O) groups excluding carboxylic acids is 2. The summed E-state index contributed by atoms with van der Waals surface area (Å²) in [4.78, 5) is 47.4. The Morgan fingerprint density at radius 3 is 2.88 bits per heavy atom. The number of anilines is 1. The number of carbonyl (C=O) groups is 3. The predicted molar refractivity (Wildman–Crippen MR) is 119 cm³/mol. The van der Waals surface area contributed by atoms with Gasteiger partial charge in [0.05, 0.1) is 6.61 Å². The van der Waals surface area contributed by atoms with Crippen LogP contribution < -0.4 is 16.8 Å². The number of nitrogens with two attached hydrogens (primary N) is 2. The van der Waals surface area contributed by atoms with E-state index in [2.05, 4.69) is 24.7 Å². The summed E-state index contributed by atoms with van der Waals surface area (Å²) >= 11 is 3.27. The van der Waals surface area contributed by atoms with Crippen molar-refractivity contribution in [1.29, 1.82) is 0 Å². The van der Waals surface area contributed by atoms with E-state index in [-0.39, 0.29) is 29.0 Å². The highest BCUT2D eigenvalue weighted by Crippen LogP contribution is 2.43. The molecule has 0 aromatic carbocycles. The van der Waals surface area contributed by atoms with Crippen molar-refractivity contribution in [3.8, 4) is 0 Å². The molecule has 0 radical (unpaired) electrons. The molecule has 3 atom stereocenters. The Balaban J connectivity index is 1.75. The van der Waals surface area contributed by atoms with Gasteiger partial charge in [0, 0.05) is 28.2 Å². The number of thioether (sulfide) groups is 2. The summed E-state index contributed by atoms with van der Waals surface area (Å²) in [5.74, 6) is -2.35. The monoisotopic (exact) mass is 501 g/mol. The molecule has 1 aromatic heterocycles. The number of nitrogen functional groups attached to an aromatic ring is 1. The van der Waals surface area contributed by atoms with Crippen molar-refractivity contribution in [2.45, 2.75) is 17.5 Å². The Morgan fingerprint density at radius 2 is 2.28 bits per heavy atom. The number of aliphatic hydroxyl groups is 1. The predicted octanol–water partition coefficient (Wildman–Crippen LogP) is -1.27. The lowest BCUT2D eigenvalue weighted by Crippen LogP contribution is -2.71. The van der Waals surface area contributed by atoms with Crippen molar-refractivity contribution < 1.29 is 29.4 Å². The first-order chi connectivity index (χ1) is 15.3. The molecule has 0 aliphatic carbocycles. The van der Waals surface area contributed by atoms with Gasteiger partial charge in [0.2, 0.25) is 11.5 Å². The summed E-state index contributed by atoms with van der Waals surface area (Å²) in [6, 6.07) is -1.54. The van der Waals surface area contributed by atoms with Gasteiger partial charge < -0.3 is 31.8 Å². The minimum Gasteiger partial charge on any atom is -0.477 e. The maximum absolute atomic E-state index is 12.7. The van der Waals surface area contributed by atoms with Gasteiger partial charge in [0.25, 0.3) is 11.8 Å². The molecule has 2 aliphatic rings. The van der Waals surface area contributed by atoms with E-state index in [0.29, 0.717) is 10.7 Å². The lowest BCUT2D eigenvalue weighted by atomic mass is 10.0. The van der Waals surface area contributed by atoms with E-state index in [9.17, 15) is 19.5 Å². The number of nitrogens with zero attached hydrogens (tertiary/aromatic N) is 4. The lowest BCUT2D eigenvalue weighted by Gasteiger charge is -2.49. The van der Waals surface area contributed by atoms with Crippen LogP contribution in [0.1, 0.15) is 5.82 Å². The minimum atomic E-state index is -1.26. The fourth-order valence-electron chi connectivity index (χ4n) is 2.78. The van der Waals surface area contributed by atoms with E-state index in [0.717, 1.165) is 28.2 Å². The Hall–Kier alpha value is -2.66. The number of aromatic nitrogens is 2. The zero-order chi connectivity index (χ0) is 23.4. The van der Waals surface area contributed by atoms with Crippen LogP contribution in [0.4, 0.5) is 5.13 Å². The standard InChI is InChI=1S/C16H19N7O6S3/c1-29-21-8(11-20-16(18)32-22-11)12(25)19-9-13(26)23-10(15(27)28)7(5-31-14(9)23)30-3-2-6(17)4-24/h2-3,6,9,14,24H,4-5,17H2,1H3,(H,19,25)(H,27,28)(H2,18,20,22)/b3-2-,21-8-/t6-,9?,14-/m1/s1. The second-order valence-corrected chi connectivity index (χ2v) is 9.20. The van der Waals surface area contributed by atoms with Gasteiger partial charge in [-0.15, -0.1) is 11.8 Å². The van der Waals surface area contributed by atoms with Gasteiger partial charge in [0.15, 0.2) is 5.13 Å². The second kappa shape index (κ2) is 10.3. The highest BCUT2D eigenvalue weighted by atomic mass is 32.2. The molecule has 16 heteroatoms. The largest absolute Gasteiger partial charge is 0.477 e. The minimum absolute atomic E-state index is 0.0514. The van der Waals surface area contributed by atoms with Gasteiger partial charge in [-0.3, -0.25) is 14.5 Å². The van der Waals surface area contributed by atoms with Crippen LogP contribution in [-0.4, -0.2) is 84.9 Å². The van der Waals surface area contributed by atoms with E-state index >= 15 is 0 Å². The number of amides is 2. The van der Waals surface area contributed by atoms with Gasteiger partial charge in [-0.2, -0.15) is 9.36 Å². The zero-order valence-electron chi connectivity index (χ0n) is 16.5. The van der Waals surface area contributed by atoms with Crippen LogP contribution in [0, 0.1) is 0 Å². The van der Waals surface area contributed by atoms with E-state index in [1.165, 1.54) is 24.9 Å². The van der Waals surface area contributed by atoms with Crippen LogP contribution in [0.5, 0.6) is 0 Å². The molecule has 0 spiro atoms. The summed E-state index contributed by atoms with van der Waals surface area (Å²) in [5.41, 5.74) is 10.7. The second-order valence-electron chi connectivity index (χ2n) is 6.31. The molecule has 3 heterocycles. The third-order valence-electron chi connectivity index (χ3n) is 4.22. The maximum Gasteiger partial charge on any atom is 0.353 e. The van der Waals surface area contributed by atoms with Crippen LogP contribution in [0.2, 0.25) is 0 Å². The summed E-state index contributed by atoms with van der Waals surface area (Å²) in [6.45, 7) is -0.248. The summed E-state index contributed by atoms with van der Waals surface area (Å²) in [5, 5.41) is 25.9. The van der Waals surface area contributed by atoms with Crippen LogP contribution >= 0.6 is 35.1 Å². The number of rotatable bonds is 9. The molecular formula is C16H19N7O6S3. The van der Waals surface area contributed by atoms with Gasteiger partial charge in [0.1, 0.15) is 24.2 Å². The maximum atomic E-state index is 12.7. The molecule has 1 aromatic rings. The molecule has 1 unspecified atom stereocenters. The molecule has 13 nitrogen and oxygen atoms in total. The average molecular weight is 502 g/mol. The number of nitrogens with one attached hydrogen (secondary N) is 1. The summed E-state index contributed by atoms with van der Waals surface area (Å²) < 4.78 is 3.91. The molecule has 7 N–H and O–H groups in total. The van der Waals surface area contributed by atoms with Crippen molar-refractivity contribution in [3.63, 3.8) is 0 Å². The molecule has 1 saturated heterocycles. The zero-order valence-corrected chi connectivity index (χ0v) is 18.9.